The standard InChI is InChI=1S/C26H36N2O3S/c1-6-7-17-27(32(30,31)23-14-12-22(13-15-23)26(3,4)5)19-25(29)28-18-16-21-10-8-9-11-24(21)20(28)2/h8-15,20H,6-7,16-19H2,1-5H3. The van der Waals surface area contributed by atoms with Crippen molar-refractivity contribution in [2.75, 3.05) is 19.6 Å². The Hall–Kier alpha value is -2.18. The van der Waals surface area contributed by atoms with E-state index in [1.54, 1.807) is 12.1 Å². The molecule has 0 spiro atoms. The molecular formula is C26H36N2O3S. The normalized spacial score (nSPS) is 16.8. The SMILES string of the molecule is CCCCN(CC(=O)N1CCc2ccccc2C1C)S(=O)(=O)c1ccc(C(C)(C)C)cc1. The maximum absolute atomic E-state index is 13.5. The van der Waals surface area contributed by atoms with Crippen LogP contribution in [0.1, 0.15) is 70.2 Å². The van der Waals surface area contributed by atoms with Gasteiger partial charge in [0.25, 0.3) is 0 Å². The second kappa shape index (κ2) is 9.75. The molecule has 0 N–H and O–H groups in total. The fraction of sp³-hybridized carbons (Fsp3) is 0.500. The van der Waals surface area contributed by atoms with E-state index in [0.717, 1.165) is 24.0 Å². The van der Waals surface area contributed by atoms with Gasteiger partial charge in [0.05, 0.1) is 17.5 Å². The minimum Gasteiger partial charge on any atom is -0.334 e. The number of nitrogens with zero attached hydrogens (tertiary/aromatic N) is 2. The van der Waals surface area contributed by atoms with Gasteiger partial charge in [-0.3, -0.25) is 4.79 Å². The van der Waals surface area contributed by atoms with Crippen LogP contribution in [0, 0.1) is 0 Å². The summed E-state index contributed by atoms with van der Waals surface area (Å²) < 4.78 is 28.3. The molecular weight excluding hydrogens is 420 g/mol. The van der Waals surface area contributed by atoms with E-state index in [1.165, 1.54) is 9.87 Å². The minimum absolute atomic E-state index is 0.0547. The largest absolute Gasteiger partial charge is 0.334 e. The summed E-state index contributed by atoms with van der Waals surface area (Å²) in [5.41, 5.74) is 3.43. The summed E-state index contributed by atoms with van der Waals surface area (Å²) in [6, 6.07) is 15.2. The third-order valence-electron chi connectivity index (χ3n) is 6.35. The molecule has 3 rings (SSSR count). The van der Waals surface area contributed by atoms with Gasteiger partial charge >= 0.3 is 0 Å². The average Bonchev–Trinajstić information content (AvgIpc) is 2.76. The molecule has 0 aliphatic carbocycles. The average molecular weight is 457 g/mol. The van der Waals surface area contributed by atoms with E-state index in [-0.39, 0.29) is 28.8 Å². The fourth-order valence-electron chi connectivity index (χ4n) is 4.25. The Labute approximate surface area is 193 Å². The van der Waals surface area contributed by atoms with Crippen molar-refractivity contribution in [3.05, 3.63) is 65.2 Å². The molecule has 1 atom stereocenters. The van der Waals surface area contributed by atoms with Gasteiger partial charge < -0.3 is 4.90 Å². The van der Waals surface area contributed by atoms with Gasteiger partial charge in [-0.05, 0) is 54.0 Å². The zero-order valence-corrected chi connectivity index (χ0v) is 20.8. The summed E-state index contributed by atoms with van der Waals surface area (Å²) in [5, 5.41) is 0. The van der Waals surface area contributed by atoms with Gasteiger partial charge in [-0.25, -0.2) is 8.42 Å². The summed E-state index contributed by atoms with van der Waals surface area (Å²) in [7, 11) is -3.76. The molecule has 2 aromatic carbocycles. The Morgan fingerprint density at radius 2 is 1.75 bits per heavy atom. The first-order chi connectivity index (χ1) is 15.1. The van der Waals surface area contributed by atoms with Gasteiger partial charge in [0, 0.05) is 13.1 Å². The number of amides is 1. The summed E-state index contributed by atoms with van der Waals surface area (Å²) in [5.74, 6) is -0.141. The second-order valence-electron chi connectivity index (χ2n) is 9.68. The van der Waals surface area contributed by atoms with Crippen molar-refractivity contribution >= 4 is 15.9 Å². The molecule has 1 aliphatic rings. The lowest BCUT2D eigenvalue weighted by Gasteiger charge is -2.36. The number of hydrogen-bond donors (Lipinski definition) is 0. The molecule has 0 bridgehead atoms. The Morgan fingerprint density at radius 1 is 1.09 bits per heavy atom. The van der Waals surface area contributed by atoms with Crippen molar-refractivity contribution < 1.29 is 13.2 Å². The van der Waals surface area contributed by atoms with Crippen molar-refractivity contribution in [3.8, 4) is 0 Å². The highest BCUT2D eigenvalue weighted by atomic mass is 32.2. The van der Waals surface area contributed by atoms with Crippen molar-refractivity contribution in [2.24, 2.45) is 0 Å². The Morgan fingerprint density at radius 3 is 2.38 bits per heavy atom. The molecule has 5 nitrogen and oxygen atoms in total. The third kappa shape index (κ3) is 5.24. The molecule has 1 amide bonds. The molecule has 0 saturated heterocycles. The monoisotopic (exact) mass is 456 g/mol. The molecule has 2 aromatic rings. The third-order valence-corrected chi connectivity index (χ3v) is 8.21. The topological polar surface area (TPSA) is 57.7 Å². The van der Waals surface area contributed by atoms with Crippen LogP contribution in [0.2, 0.25) is 0 Å². The van der Waals surface area contributed by atoms with Crippen LogP contribution in [0.5, 0.6) is 0 Å². The number of fused-ring (bicyclic) bond motifs is 1. The number of sulfonamides is 1. The lowest BCUT2D eigenvalue weighted by atomic mass is 9.87. The van der Waals surface area contributed by atoms with Gasteiger partial charge in [0.2, 0.25) is 15.9 Å². The maximum Gasteiger partial charge on any atom is 0.243 e. The highest BCUT2D eigenvalue weighted by Crippen LogP contribution is 2.30. The van der Waals surface area contributed by atoms with Crippen LogP contribution in [0.4, 0.5) is 0 Å². The van der Waals surface area contributed by atoms with E-state index in [1.807, 2.05) is 43.0 Å². The number of rotatable bonds is 7. The van der Waals surface area contributed by atoms with E-state index in [0.29, 0.717) is 19.5 Å². The first-order valence-electron chi connectivity index (χ1n) is 11.5. The second-order valence-corrected chi connectivity index (χ2v) is 11.6. The lowest BCUT2D eigenvalue weighted by Crippen LogP contribution is -2.46. The summed E-state index contributed by atoms with van der Waals surface area (Å²) >= 11 is 0. The smallest absolute Gasteiger partial charge is 0.243 e. The molecule has 32 heavy (non-hydrogen) atoms. The van der Waals surface area contributed by atoms with Crippen LogP contribution < -0.4 is 0 Å². The van der Waals surface area contributed by atoms with Crippen molar-refractivity contribution in [3.63, 3.8) is 0 Å². The minimum atomic E-state index is -3.76. The highest BCUT2D eigenvalue weighted by molar-refractivity contribution is 7.89. The zero-order valence-electron chi connectivity index (χ0n) is 20.0. The molecule has 174 valence electrons. The first kappa shape index (κ1) is 24.5. The molecule has 0 radical (unpaired) electrons. The van der Waals surface area contributed by atoms with Crippen molar-refractivity contribution in [1.82, 2.24) is 9.21 Å². The molecule has 0 fully saturated rings. The molecule has 1 aliphatic heterocycles. The van der Waals surface area contributed by atoms with Crippen molar-refractivity contribution in [1.29, 1.82) is 0 Å². The van der Waals surface area contributed by atoms with Gasteiger partial charge in [0.1, 0.15) is 0 Å². The van der Waals surface area contributed by atoms with Crippen LogP contribution in [0.25, 0.3) is 0 Å². The van der Waals surface area contributed by atoms with Crippen LogP contribution in [-0.4, -0.2) is 43.2 Å². The summed E-state index contributed by atoms with van der Waals surface area (Å²) in [6.45, 7) is 11.2. The van der Waals surface area contributed by atoms with Gasteiger partial charge in [0.15, 0.2) is 0 Å². The molecule has 1 heterocycles. The Balaban J connectivity index is 1.82. The highest BCUT2D eigenvalue weighted by Gasteiger charge is 2.32. The van der Waals surface area contributed by atoms with E-state index in [2.05, 4.69) is 32.9 Å². The molecule has 0 aromatic heterocycles. The van der Waals surface area contributed by atoms with Crippen molar-refractivity contribution in [2.45, 2.75) is 70.2 Å². The molecule has 0 saturated carbocycles. The van der Waals surface area contributed by atoms with Gasteiger partial charge in [-0.2, -0.15) is 4.31 Å². The van der Waals surface area contributed by atoms with Gasteiger partial charge in [-0.1, -0.05) is 70.5 Å². The maximum atomic E-state index is 13.5. The van der Waals surface area contributed by atoms with E-state index >= 15 is 0 Å². The number of unbranched alkanes of at least 4 members (excludes halogenated alkanes) is 1. The number of carbonyl (C=O) groups is 1. The van der Waals surface area contributed by atoms with Crippen LogP contribution in [-0.2, 0) is 26.7 Å². The number of carbonyl (C=O) groups excluding carboxylic acids is 1. The predicted molar refractivity (Wildman–Crippen MR) is 129 cm³/mol. The van der Waals surface area contributed by atoms with Crippen LogP contribution in [0.15, 0.2) is 53.4 Å². The van der Waals surface area contributed by atoms with Crippen LogP contribution in [0.3, 0.4) is 0 Å². The van der Waals surface area contributed by atoms with E-state index in [9.17, 15) is 13.2 Å². The fourth-order valence-corrected chi connectivity index (χ4v) is 5.68. The first-order valence-corrected chi connectivity index (χ1v) is 13.0. The van der Waals surface area contributed by atoms with Gasteiger partial charge in [-0.15, -0.1) is 0 Å². The predicted octanol–water partition coefficient (Wildman–Crippen LogP) is 4.92. The zero-order chi connectivity index (χ0) is 23.5. The quantitative estimate of drug-likeness (QED) is 0.594. The summed E-state index contributed by atoms with van der Waals surface area (Å²) in [6.07, 6.45) is 2.36. The number of benzene rings is 2. The van der Waals surface area contributed by atoms with E-state index < -0.39 is 10.0 Å². The van der Waals surface area contributed by atoms with Crippen LogP contribution >= 0.6 is 0 Å². The lowest BCUT2D eigenvalue weighted by molar-refractivity contribution is -0.134. The Bertz CT molecular complexity index is 1040. The summed E-state index contributed by atoms with van der Waals surface area (Å²) in [4.78, 5) is 15.3. The Kier molecular flexibility index (Phi) is 7.46. The van der Waals surface area contributed by atoms with E-state index in [4.69, 9.17) is 0 Å². The molecule has 1 unspecified atom stereocenters. The molecule has 6 heteroatoms. The number of hydrogen-bond acceptors (Lipinski definition) is 3.